The third kappa shape index (κ3) is 13.0. The van der Waals surface area contributed by atoms with Crippen molar-refractivity contribution in [1.29, 1.82) is 0 Å². The van der Waals surface area contributed by atoms with Crippen LogP contribution >= 0.6 is 0 Å². The van der Waals surface area contributed by atoms with Crippen LogP contribution in [0.15, 0.2) is 42.5 Å². The SMILES string of the molecule is O=C(O)CCCC=CCC1C(O)CC(O)C1CCC(CCc1ccccc1)OC(=O)CCC(=O)OCC(O)CO. The van der Waals surface area contributed by atoms with Crippen molar-refractivity contribution in [2.75, 3.05) is 13.2 Å². The highest BCUT2D eigenvalue weighted by molar-refractivity contribution is 5.77. The normalized spacial score (nSPS) is 22.2. The molecule has 1 aliphatic carbocycles. The van der Waals surface area contributed by atoms with E-state index in [9.17, 15) is 29.7 Å². The summed E-state index contributed by atoms with van der Waals surface area (Å²) in [6.45, 7) is -0.882. The monoisotopic (exact) mass is 564 g/mol. The van der Waals surface area contributed by atoms with E-state index in [4.69, 9.17) is 19.7 Å². The Bertz CT molecular complexity index is 918. The van der Waals surface area contributed by atoms with Crippen molar-refractivity contribution in [3.63, 3.8) is 0 Å². The lowest BCUT2D eigenvalue weighted by Crippen LogP contribution is -2.26. The Hall–Kier alpha value is -2.79. The molecule has 5 N–H and O–H groups in total. The number of unbranched alkanes of at least 4 members (excludes halogenated alkanes) is 1. The van der Waals surface area contributed by atoms with E-state index in [0.29, 0.717) is 44.9 Å². The molecule has 0 saturated heterocycles. The van der Waals surface area contributed by atoms with Gasteiger partial charge >= 0.3 is 17.9 Å². The summed E-state index contributed by atoms with van der Waals surface area (Å²) in [6.07, 6.45) is 4.92. The van der Waals surface area contributed by atoms with Crippen LogP contribution in [0.3, 0.4) is 0 Å². The molecule has 6 unspecified atom stereocenters. The van der Waals surface area contributed by atoms with E-state index in [1.165, 1.54) is 0 Å². The predicted molar refractivity (Wildman–Crippen MR) is 146 cm³/mol. The average Bonchev–Trinajstić information content (AvgIpc) is 3.21. The highest BCUT2D eigenvalue weighted by atomic mass is 16.6. The van der Waals surface area contributed by atoms with Crippen LogP contribution in [0.5, 0.6) is 0 Å². The molecule has 40 heavy (non-hydrogen) atoms. The minimum Gasteiger partial charge on any atom is -0.481 e. The number of aryl methyl sites for hydroxylation is 1. The quantitative estimate of drug-likeness (QED) is 0.0955. The summed E-state index contributed by atoms with van der Waals surface area (Å²) in [7, 11) is 0. The van der Waals surface area contributed by atoms with Crippen LogP contribution < -0.4 is 0 Å². The summed E-state index contributed by atoms with van der Waals surface area (Å²) in [6, 6.07) is 9.78. The van der Waals surface area contributed by atoms with E-state index in [0.717, 1.165) is 5.56 Å². The molecule has 1 aromatic carbocycles. The molecule has 0 bridgehead atoms. The number of carbonyl (C=O) groups is 3. The average molecular weight is 565 g/mol. The second-order valence-corrected chi connectivity index (χ2v) is 10.4. The summed E-state index contributed by atoms with van der Waals surface area (Å²) < 4.78 is 10.6. The number of aliphatic carboxylic acids is 1. The summed E-state index contributed by atoms with van der Waals surface area (Å²) in [5, 5.41) is 48.0. The number of carbonyl (C=O) groups excluding carboxylic acids is 2. The van der Waals surface area contributed by atoms with Crippen molar-refractivity contribution in [1.82, 2.24) is 0 Å². The van der Waals surface area contributed by atoms with Gasteiger partial charge in [0, 0.05) is 6.42 Å². The lowest BCUT2D eigenvalue weighted by molar-refractivity contribution is -0.155. The molecule has 1 aromatic rings. The second-order valence-electron chi connectivity index (χ2n) is 10.4. The number of hydrogen-bond acceptors (Lipinski definition) is 9. The Morgan fingerprint density at radius 2 is 1.65 bits per heavy atom. The third-order valence-corrected chi connectivity index (χ3v) is 7.26. The van der Waals surface area contributed by atoms with Crippen molar-refractivity contribution >= 4 is 17.9 Å². The van der Waals surface area contributed by atoms with Gasteiger partial charge < -0.3 is 35.0 Å². The maximum absolute atomic E-state index is 12.6. The molecule has 0 aromatic heterocycles. The van der Waals surface area contributed by atoms with Crippen molar-refractivity contribution in [3.05, 3.63) is 48.0 Å². The van der Waals surface area contributed by atoms with Gasteiger partial charge in [0.25, 0.3) is 0 Å². The topological polar surface area (TPSA) is 171 Å². The minimum absolute atomic E-state index is 0.106. The fraction of sp³-hybridized carbons (Fsp3) is 0.633. The van der Waals surface area contributed by atoms with E-state index >= 15 is 0 Å². The van der Waals surface area contributed by atoms with Crippen molar-refractivity contribution in [2.45, 2.75) is 95.0 Å². The van der Waals surface area contributed by atoms with Gasteiger partial charge in [0.15, 0.2) is 0 Å². The van der Waals surface area contributed by atoms with E-state index < -0.39 is 48.9 Å². The van der Waals surface area contributed by atoms with Gasteiger partial charge in [-0.1, -0.05) is 42.5 Å². The number of aliphatic hydroxyl groups excluding tert-OH is 4. The third-order valence-electron chi connectivity index (χ3n) is 7.26. The number of carboxylic acid groups (broad SMARTS) is 1. The Morgan fingerprint density at radius 3 is 2.35 bits per heavy atom. The van der Waals surface area contributed by atoms with Crippen LogP contribution in [0.4, 0.5) is 0 Å². The number of esters is 2. The first-order valence-corrected chi connectivity index (χ1v) is 14.1. The summed E-state index contributed by atoms with van der Waals surface area (Å²) in [4.78, 5) is 35.0. The second kappa shape index (κ2) is 18.5. The van der Waals surface area contributed by atoms with Gasteiger partial charge in [-0.05, 0) is 68.8 Å². The lowest BCUT2D eigenvalue weighted by Gasteiger charge is -2.25. The minimum atomic E-state index is -1.17. The Kier molecular flexibility index (Phi) is 15.5. The Morgan fingerprint density at radius 1 is 0.950 bits per heavy atom. The number of rotatable bonds is 19. The zero-order valence-corrected chi connectivity index (χ0v) is 23.0. The van der Waals surface area contributed by atoms with Crippen molar-refractivity contribution in [3.8, 4) is 0 Å². The summed E-state index contributed by atoms with van der Waals surface area (Å²) in [5.74, 6) is -2.38. The van der Waals surface area contributed by atoms with Crippen LogP contribution in [-0.2, 0) is 30.3 Å². The number of ether oxygens (including phenoxy) is 2. The van der Waals surface area contributed by atoms with Gasteiger partial charge in [-0.3, -0.25) is 14.4 Å². The van der Waals surface area contributed by atoms with Gasteiger partial charge in [0.05, 0.1) is 31.7 Å². The molecule has 0 heterocycles. The molecule has 2 rings (SSSR count). The Labute approximate surface area is 235 Å². The summed E-state index contributed by atoms with van der Waals surface area (Å²) >= 11 is 0. The highest BCUT2D eigenvalue weighted by Gasteiger charge is 2.40. The maximum Gasteiger partial charge on any atom is 0.306 e. The molecule has 1 saturated carbocycles. The molecule has 1 fully saturated rings. The predicted octanol–water partition coefficient (Wildman–Crippen LogP) is 2.55. The van der Waals surface area contributed by atoms with E-state index in [2.05, 4.69) is 0 Å². The lowest BCUT2D eigenvalue weighted by atomic mass is 9.85. The van der Waals surface area contributed by atoms with Gasteiger partial charge in [0.2, 0.25) is 0 Å². The number of allylic oxidation sites excluding steroid dienone is 2. The highest BCUT2D eigenvalue weighted by Crippen LogP contribution is 2.39. The molecule has 0 amide bonds. The molecule has 1 aliphatic rings. The van der Waals surface area contributed by atoms with Crippen molar-refractivity contribution < 1.29 is 49.4 Å². The van der Waals surface area contributed by atoms with Crippen LogP contribution in [0.25, 0.3) is 0 Å². The maximum atomic E-state index is 12.6. The fourth-order valence-electron chi connectivity index (χ4n) is 5.02. The molecular formula is C30H44O10. The first-order valence-electron chi connectivity index (χ1n) is 14.1. The van der Waals surface area contributed by atoms with Gasteiger partial charge in [0.1, 0.15) is 18.8 Å². The molecule has 224 valence electrons. The first kappa shape index (κ1) is 33.4. The summed E-state index contributed by atoms with van der Waals surface area (Å²) in [5.41, 5.74) is 1.09. The number of hydrogen-bond donors (Lipinski definition) is 5. The van der Waals surface area contributed by atoms with Crippen molar-refractivity contribution in [2.24, 2.45) is 11.8 Å². The molecule has 6 atom stereocenters. The molecule has 0 spiro atoms. The molecule has 10 nitrogen and oxygen atoms in total. The van der Waals surface area contributed by atoms with Crippen LogP contribution in [-0.4, -0.2) is 81.1 Å². The smallest absolute Gasteiger partial charge is 0.306 e. The van der Waals surface area contributed by atoms with E-state index in [1.807, 2.05) is 42.5 Å². The molecule has 0 radical (unpaired) electrons. The van der Waals surface area contributed by atoms with Gasteiger partial charge in [-0.25, -0.2) is 0 Å². The van der Waals surface area contributed by atoms with E-state index in [1.54, 1.807) is 0 Å². The van der Waals surface area contributed by atoms with Crippen LogP contribution in [0.1, 0.15) is 69.8 Å². The first-order chi connectivity index (χ1) is 19.2. The Balaban J connectivity index is 1.92. The van der Waals surface area contributed by atoms with E-state index in [-0.39, 0.29) is 44.1 Å². The molecule has 10 heteroatoms. The molecular weight excluding hydrogens is 520 g/mol. The number of carboxylic acids is 1. The van der Waals surface area contributed by atoms with Gasteiger partial charge in [-0.15, -0.1) is 0 Å². The zero-order chi connectivity index (χ0) is 29.3. The largest absolute Gasteiger partial charge is 0.481 e. The standard InChI is InChI=1S/C30H44O10/c31-19-22(32)20-39-29(37)16-17-30(38)40-23(13-12-21-8-4-3-5-9-21)14-15-25-24(26(33)18-27(25)34)10-6-1-2-7-11-28(35)36/h1,3-6,8-9,22-27,31-34H,2,7,10-20H2,(H,35,36). The van der Waals surface area contributed by atoms with Crippen LogP contribution in [0, 0.1) is 11.8 Å². The van der Waals surface area contributed by atoms with Gasteiger partial charge in [-0.2, -0.15) is 0 Å². The number of aliphatic hydroxyl groups is 4. The number of benzene rings is 1. The molecule has 0 aliphatic heterocycles. The van der Waals surface area contributed by atoms with Crippen LogP contribution in [0.2, 0.25) is 0 Å². The fourth-order valence-corrected chi connectivity index (χ4v) is 5.02. The zero-order valence-electron chi connectivity index (χ0n) is 23.0.